The van der Waals surface area contributed by atoms with Crippen molar-refractivity contribution in [2.45, 2.75) is 38.6 Å². The Labute approximate surface area is 136 Å². The predicted molar refractivity (Wildman–Crippen MR) is 94.6 cm³/mol. The van der Waals surface area contributed by atoms with Gasteiger partial charge < -0.3 is 10.2 Å². The normalized spacial score (nSPS) is 14.9. The van der Waals surface area contributed by atoms with E-state index in [1.54, 1.807) is 0 Å². The van der Waals surface area contributed by atoms with E-state index in [0.717, 1.165) is 25.5 Å². The quantitative estimate of drug-likeness (QED) is 0.496. The first kappa shape index (κ1) is 16.6. The molecule has 0 saturated carbocycles. The lowest BCUT2D eigenvalue weighted by Crippen LogP contribution is -2.39. The summed E-state index contributed by atoms with van der Waals surface area (Å²) in [7, 11) is 3.94. The number of hydrogen-bond acceptors (Lipinski definition) is 4. The summed E-state index contributed by atoms with van der Waals surface area (Å²) in [5.74, 6) is 2.15. The van der Waals surface area contributed by atoms with Gasteiger partial charge in [-0.15, -0.1) is 11.3 Å². The molecule has 0 aliphatic heterocycles. The maximum Gasteiger partial charge on any atom is 0.193 e. The van der Waals surface area contributed by atoms with Gasteiger partial charge in [-0.2, -0.15) is 11.8 Å². The van der Waals surface area contributed by atoms with E-state index >= 15 is 0 Å². The number of rotatable bonds is 6. The molecule has 0 amide bonds. The second-order valence-corrected chi connectivity index (χ2v) is 7.51. The average Bonchev–Trinajstić information content (AvgIpc) is 2.89. The Kier molecular flexibility index (Phi) is 6.83. The van der Waals surface area contributed by atoms with Crippen LogP contribution in [0.1, 0.15) is 34.8 Å². The molecule has 1 heterocycles. The maximum absolute atomic E-state index is 4.81. The standard InChI is InChI=1S/C15H26N4S2/c1-16-15(17-9-6-10-20-3)19(2)11-14-18-12-7-4-5-8-13(12)21-14/h4-11H2,1-3H3,(H,16,17). The summed E-state index contributed by atoms with van der Waals surface area (Å²) in [6, 6.07) is 0. The molecule has 4 nitrogen and oxygen atoms in total. The monoisotopic (exact) mass is 326 g/mol. The fourth-order valence-corrected chi connectivity index (χ4v) is 4.20. The van der Waals surface area contributed by atoms with E-state index in [9.17, 15) is 0 Å². The molecule has 0 aromatic carbocycles. The highest BCUT2D eigenvalue weighted by atomic mass is 32.2. The van der Waals surface area contributed by atoms with Crippen LogP contribution in [0.5, 0.6) is 0 Å². The number of nitrogens with one attached hydrogen (secondary N) is 1. The Bertz CT molecular complexity index is 447. The topological polar surface area (TPSA) is 40.5 Å². The molecule has 1 aromatic heterocycles. The van der Waals surface area contributed by atoms with Crippen molar-refractivity contribution >= 4 is 29.1 Å². The van der Waals surface area contributed by atoms with Gasteiger partial charge in [-0.05, 0) is 44.1 Å². The summed E-state index contributed by atoms with van der Waals surface area (Å²) in [6.07, 6.45) is 8.31. The van der Waals surface area contributed by atoms with Crippen LogP contribution in [0.2, 0.25) is 0 Å². The second kappa shape index (κ2) is 8.63. The van der Waals surface area contributed by atoms with Crippen LogP contribution >= 0.6 is 23.1 Å². The van der Waals surface area contributed by atoms with Crippen molar-refractivity contribution in [3.63, 3.8) is 0 Å². The van der Waals surface area contributed by atoms with Crippen molar-refractivity contribution in [1.29, 1.82) is 0 Å². The number of aryl methyl sites for hydroxylation is 2. The number of aliphatic imine (C=N–C) groups is 1. The first-order valence-corrected chi connectivity index (χ1v) is 9.83. The van der Waals surface area contributed by atoms with Gasteiger partial charge in [0.1, 0.15) is 5.01 Å². The maximum atomic E-state index is 4.81. The van der Waals surface area contributed by atoms with Crippen LogP contribution in [0, 0.1) is 0 Å². The van der Waals surface area contributed by atoms with Gasteiger partial charge in [0.15, 0.2) is 5.96 Å². The van der Waals surface area contributed by atoms with E-state index in [1.165, 1.54) is 47.0 Å². The van der Waals surface area contributed by atoms with Gasteiger partial charge in [-0.25, -0.2) is 4.98 Å². The molecule has 0 saturated heterocycles. The van der Waals surface area contributed by atoms with Crippen LogP contribution in [0.4, 0.5) is 0 Å². The van der Waals surface area contributed by atoms with Crippen molar-refractivity contribution in [2.24, 2.45) is 4.99 Å². The molecular weight excluding hydrogens is 300 g/mol. The summed E-state index contributed by atoms with van der Waals surface area (Å²) in [5.41, 5.74) is 1.34. The Hall–Kier alpha value is -0.750. The summed E-state index contributed by atoms with van der Waals surface area (Å²) < 4.78 is 0. The third-order valence-electron chi connectivity index (χ3n) is 3.64. The van der Waals surface area contributed by atoms with Gasteiger partial charge in [-0.3, -0.25) is 4.99 Å². The molecule has 1 N–H and O–H groups in total. The zero-order valence-electron chi connectivity index (χ0n) is 13.3. The molecule has 1 aromatic rings. The lowest BCUT2D eigenvalue weighted by molar-refractivity contribution is 0.475. The van der Waals surface area contributed by atoms with Crippen molar-refractivity contribution in [2.75, 3.05) is 32.6 Å². The van der Waals surface area contributed by atoms with Crippen molar-refractivity contribution in [3.8, 4) is 0 Å². The van der Waals surface area contributed by atoms with Gasteiger partial charge >= 0.3 is 0 Å². The van der Waals surface area contributed by atoms with Crippen molar-refractivity contribution in [3.05, 3.63) is 15.6 Å². The Morgan fingerprint density at radius 3 is 2.95 bits per heavy atom. The van der Waals surface area contributed by atoms with Gasteiger partial charge in [0.25, 0.3) is 0 Å². The summed E-state index contributed by atoms with van der Waals surface area (Å²) in [5, 5.41) is 4.64. The Balaban J connectivity index is 1.86. The average molecular weight is 327 g/mol. The van der Waals surface area contributed by atoms with Crippen LogP contribution < -0.4 is 5.32 Å². The van der Waals surface area contributed by atoms with Crippen LogP contribution in [-0.2, 0) is 19.4 Å². The molecule has 21 heavy (non-hydrogen) atoms. The second-order valence-electron chi connectivity index (χ2n) is 5.36. The molecule has 6 heteroatoms. The van der Waals surface area contributed by atoms with Crippen molar-refractivity contribution < 1.29 is 0 Å². The summed E-state index contributed by atoms with van der Waals surface area (Å²) in [4.78, 5) is 12.9. The number of nitrogens with zero attached hydrogens (tertiary/aromatic N) is 3. The van der Waals surface area contributed by atoms with Crippen LogP contribution in [0.3, 0.4) is 0 Å². The highest BCUT2D eigenvalue weighted by molar-refractivity contribution is 7.98. The van der Waals surface area contributed by atoms with Gasteiger partial charge in [0, 0.05) is 25.5 Å². The third-order valence-corrected chi connectivity index (χ3v) is 5.48. The number of fused-ring (bicyclic) bond motifs is 1. The Morgan fingerprint density at radius 1 is 1.43 bits per heavy atom. The SMILES string of the molecule is CN=C(NCCCSC)N(C)Cc1nc2c(s1)CCCC2. The number of hydrogen-bond donors (Lipinski definition) is 1. The van der Waals surface area contributed by atoms with Gasteiger partial charge in [0.05, 0.1) is 12.2 Å². The smallest absolute Gasteiger partial charge is 0.193 e. The fraction of sp³-hybridized carbons (Fsp3) is 0.733. The largest absolute Gasteiger partial charge is 0.356 e. The van der Waals surface area contributed by atoms with E-state index < -0.39 is 0 Å². The van der Waals surface area contributed by atoms with Crippen LogP contribution in [-0.4, -0.2) is 48.5 Å². The molecule has 0 spiro atoms. The molecule has 1 aliphatic rings. The van der Waals surface area contributed by atoms with Gasteiger partial charge in [0.2, 0.25) is 0 Å². The number of guanidine groups is 1. The number of aromatic nitrogens is 1. The molecular formula is C15H26N4S2. The van der Waals surface area contributed by atoms with Gasteiger partial charge in [-0.1, -0.05) is 0 Å². The molecule has 118 valence electrons. The number of thiazole rings is 1. The number of thioether (sulfide) groups is 1. The molecule has 2 rings (SSSR count). The lowest BCUT2D eigenvalue weighted by Gasteiger charge is -2.20. The zero-order valence-corrected chi connectivity index (χ0v) is 14.9. The molecule has 0 radical (unpaired) electrons. The summed E-state index contributed by atoms with van der Waals surface area (Å²) >= 11 is 3.77. The van der Waals surface area contributed by atoms with E-state index in [1.807, 2.05) is 30.1 Å². The predicted octanol–water partition coefficient (Wildman–Crippen LogP) is 2.78. The highest BCUT2D eigenvalue weighted by Crippen LogP contribution is 2.27. The minimum absolute atomic E-state index is 0.847. The van der Waals surface area contributed by atoms with Crippen LogP contribution in [0.15, 0.2) is 4.99 Å². The van der Waals surface area contributed by atoms with E-state index in [2.05, 4.69) is 28.5 Å². The fourth-order valence-electron chi connectivity index (χ4n) is 2.55. The first-order valence-electron chi connectivity index (χ1n) is 7.62. The minimum Gasteiger partial charge on any atom is -0.356 e. The zero-order chi connectivity index (χ0) is 15.1. The van der Waals surface area contributed by atoms with Crippen LogP contribution in [0.25, 0.3) is 0 Å². The minimum atomic E-state index is 0.847. The van der Waals surface area contributed by atoms with E-state index in [0.29, 0.717) is 0 Å². The lowest BCUT2D eigenvalue weighted by atomic mass is 10.0. The molecule has 0 atom stereocenters. The van der Waals surface area contributed by atoms with E-state index in [-0.39, 0.29) is 0 Å². The Morgan fingerprint density at radius 2 is 2.24 bits per heavy atom. The summed E-state index contributed by atoms with van der Waals surface area (Å²) in [6.45, 7) is 1.83. The van der Waals surface area contributed by atoms with E-state index in [4.69, 9.17) is 4.98 Å². The molecule has 0 bridgehead atoms. The molecule has 0 fully saturated rings. The first-order chi connectivity index (χ1) is 10.2. The molecule has 1 aliphatic carbocycles. The van der Waals surface area contributed by atoms with Crippen molar-refractivity contribution in [1.82, 2.24) is 15.2 Å². The third kappa shape index (κ3) is 4.88. The molecule has 0 unspecified atom stereocenters. The highest BCUT2D eigenvalue weighted by Gasteiger charge is 2.16.